The Morgan fingerprint density at radius 1 is 1.22 bits per heavy atom. The van der Waals surface area contributed by atoms with Gasteiger partial charge in [0, 0.05) is 12.1 Å². The summed E-state index contributed by atoms with van der Waals surface area (Å²) in [4.78, 5) is 14.6. The largest absolute Gasteiger partial charge is 0.353 e. The van der Waals surface area contributed by atoms with Crippen molar-refractivity contribution in [2.24, 2.45) is 17.6 Å². The van der Waals surface area contributed by atoms with E-state index in [-0.39, 0.29) is 17.9 Å². The number of nitrogens with two attached hydrogens (primary N) is 1. The maximum absolute atomic E-state index is 12.3. The SMILES string of the molecule is CC1CCC(N)C(C(=O)NC2CCN(C)CC2)C1. The van der Waals surface area contributed by atoms with Crippen molar-refractivity contribution in [3.63, 3.8) is 0 Å². The van der Waals surface area contributed by atoms with Crippen LogP contribution in [-0.4, -0.2) is 43.0 Å². The molecule has 0 spiro atoms. The van der Waals surface area contributed by atoms with Gasteiger partial charge in [-0.15, -0.1) is 0 Å². The van der Waals surface area contributed by atoms with Crippen LogP contribution in [-0.2, 0) is 4.79 Å². The summed E-state index contributed by atoms with van der Waals surface area (Å²) in [7, 11) is 2.14. The van der Waals surface area contributed by atoms with E-state index in [0.717, 1.165) is 38.8 Å². The summed E-state index contributed by atoms with van der Waals surface area (Å²) in [5.74, 6) is 0.870. The molecule has 2 rings (SSSR count). The molecule has 0 aromatic carbocycles. The van der Waals surface area contributed by atoms with Gasteiger partial charge >= 0.3 is 0 Å². The average molecular weight is 253 g/mol. The fraction of sp³-hybridized carbons (Fsp3) is 0.929. The molecule has 0 radical (unpaired) electrons. The molecule has 0 aromatic rings. The number of nitrogens with one attached hydrogen (secondary N) is 1. The molecule has 1 amide bonds. The minimum Gasteiger partial charge on any atom is -0.353 e. The van der Waals surface area contributed by atoms with Gasteiger partial charge in [0.1, 0.15) is 0 Å². The van der Waals surface area contributed by atoms with E-state index in [2.05, 4.69) is 24.2 Å². The molecule has 1 saturated carbocycles. The number of likely N-dealkylation sites (tertiary alicyclic amines) is 1. The van der Waals surface area contributed by atoms with Gasteiger partial charge in [0.15, 0.2) is 0 Å². The highest BCUT2D eigenvalue weighted by Crippen LogP contribution is 2.28. The van der Waals surface area contributed by atoms with Gasteiger partial charge in [-0.2, -0.15) is 0 Å². The van der Waals surface area contributed by atoms with Crippen LogP contribution in [0.5, 0.6) is 0 Å². The molecule has 1 heterocycles. The zero-order valence-electron chi connectivity index (χ0n) is 11.7. The highest BCUT2D eigenvalue weighted by atomic mass is 16.2. The van der Waals surface area contributed by atoms with Crippen LogP contribution in [0, 0.1) is 11.8 Å². The molecule has 2 aliphatic rings. The van der Waals surface area contributed by atoms with E-state index < -0.39 is 0 Å². The molecule has 18 heavy (non-hydrogen) atoms. The molecular weight excluding hydrogens is 226 g/mol. The van der Waals surface area contributed by atoms with Crippen LogP contribution in [0.25, 0.3) is 0 Å². The highest BCUT2D eigenvalue weighted by Gasteiger charge is 2.32. The van der Waals surface area contributed by atoms with Crippen molar-refractivity contribution in [3.8, 4) is 0 Å². The van der Waals surface area contributed by atoms with Crippen molar-refractivity contribution in [2.75, 3.05) is 20.1 Å². The molecular formula is C14H27N3O. The van der Waals surface area contributed by atoms with Crippen LogP contribution >= 0.6 is 0 Å². The highest BCUT2D eigenvalue weighted by molar-refractivity contribution is 5.79. The summed E-state index contributed by atoms with van der Waals surface area (Å²) in [6.45, 7) is 4.39. The number of piperidine rings is 1. The molecule has 3 atom stereocenters. The zero-order valence-corrected chi connectivity index (χ0v) is 11.7. The standard InChI is InChI=1S/C14H27N3O/c1-10-3-4-13(15)12(9-10)14(18)16-11-5-7-17(2)8-6-11/h10-13H,3-9,15H2,1-2H3,(H,16,18). The van der Waals surface area contributed by atoms with Gasteiger partial charge in [-0.25, -0.2) is 0 Å². The van der Waals surface area contributed by atoms with E-state index in [1.54, 1.807) is 0 Å². The zero-order chi connectivity index (χ0) is 13.1. The fourth-order valence-corrected chi connectivity index (χ4v) is 3.17. The molecule has 1 saturated heterocycles. The number of carbonyl (C=O) groups is 1. The third-order valence-electron chi connectivity index (χ3n) is 4.57. The Hall–Kier alpha value is -0.610. The molecule has 4 heteroatoms. The van der Waals surface area contributed by atoms with Crippen LogP contribution in [0.4, 0.5) is 0 Å². The molecule has 0 bridgehead atoms. The lowest BCUT2D eigenvalue weighted by molar-refractivity contribution is -0.128. The Bertz CT molecular complexity index is 287. The van der Waals surface area contributed by atoms with E-state index in [0.29, 0.717) is 12.0 Å². The predicted molar refractivity (Wildman–Crippen MR) is 73.1 cm³/mol. The Morgan fingerprint density at radius 2 is 1.89 bits per heavy atom. The lowest BCUT2D eigenvalue weighted by Crippen LogP contribution is -2.50. The van der Waals surface area contributed by atoms with E-state index in [4.69, 9.17) is 5.73 Å². The van der Waals surface area contributed by atoms with E-state index in [1.165, 1.54) is 6.42 Å². The van der Waals surface area contributed by atoms with Crippen molar-refractivity contribution < 1.29 is 4.79 Å². The van der Waals surface area contributed by atoms with Gasteiger partial charge in [-0.05, 0) is 58.2 Å². The first-order chi connectivity index (χ1) is 8.56. The topological polar surface area (TPSA) is 58.4 Å². The monoisotopic (exact) mass is 253 g/mol. The van der Waals surface area contributed by atoms with Crippen LogP contribution < -0.4 is 11.1 Å². The van der Waals surface area contributed by atoms with Crippen LogP contribution in [0.15, 0.2) is 0 Å². The van der Waals surface area contributed by atoms with Crippen molar-refractivity contribution in [2.45, 2.75) is 51.1 Å². The lowest BCUT2D eigenvalue weighted by atomic mass is 9.78. The normalized spacial score (nSPS) is 35.4. The second-order valence-corrected chi connectivity index (χ2v) is 6.27. The van der Waals surface area contributed by atoms with Gasteiger partial charge in [-0.1, -0.05) is 6.92 Å². The van der Waals surface area contributed by atoms with E-state index >= 15 is 0 Å². The van der Waals surface area contributed by atoms with Crippen molar-refractivity contribution >= 4 is 5.91 Å². The Kier molecular flexibility index (Phi) is 4.62. The number of rotatable bonds is 2. The van der Waals surface area contributed by atoms with Crippen LogP contribution in [0.1, 0.15) is 39.0 Å². The lowest BCUT2D eigenvalue weighted by Gasteiger charge is -2.34. The van der Waals surface area contributed by atoms with Gasteiger partial charge in [-0.3, -0.25) is 4.79 Å². The van der Waals surface area contributed by atoms with Gasteiger partial charge in [0.25, 0.3) is 0 Å². The quantitative estimate of drug-likeness (QED) is 0.770. The molecule has 0 aromatic heterocycles. The van der Waals surface area contributed by atoms with Crippen molar-refractivity contribution in [3.05, 3.63) is 0 Å². The summed E-state index contributed by atoms with van der Waals surface area (Å²) in [5.41, 5.74) is 6.10. The Morgan fingerprint density at radius 3 is 2.56 bits per heavy atom. The second kappa shape index (κ2) is 6.02. The predicted octanol–water partition coefficient (Wildman–Crippen LogP) is 0.960. The van der Waals surface area contributed by atoms with Gasteiger partial charge in [0.05, 0.1) is 5.92 Å². The summed E-state index contributed by atoms with van der Waals surface area (Å²) in [5, 5.41) is 3.21. The summed E-state index contributed by atoms with van der Waals surface area (Å²) >= 11 is 0. The van der Waals surface area contributed by atoms with Crippen LogP contribution in [0.2, 0.25) is 0 Å². The molecule has 1 aliphatic heterocycles. The number of carbonyl (C=O) groups excluding carboxylic acids is 1. The first-order valence-electron chi connectivity index (χ1n) is 7.30. The molecule has 104 valence electrons. The van der Waals surface area contributed by atoms with Gasteiger partial charge in [0.2, 0.25) is 5.91 Å². The third kappa shape index (κ3) is 3.45. The van der Waals surface area contributed by atoms with E-state index in [9.17, 15) is 4.79 Å². The Balaban J connectivity index is 1.83. The molecule has 2 fully saturated rings. The minimum atomic E-state index is 0.0356. The summed E-state index contributed by atoms with van der Waals surface area (Å²) < 4.78 is 0. The molecule has 1 aliphatic carbocycles. The minimum absolute atomic E-state index is 0.0356. The molecule has 3 unspecified atom stereocenters. The van der Waals surface area contributed by atoms with E-state index in [1.807, 2.05) is 0 Å². The Labute approximate surface area is 110 Å². The number of hydrogen-bond donors (Lipinski definition) is 2. The first-order valence-corrected chi connectivity index (χ1v) is 7.30. The first kappa shape index (κ1) is 13.8. The second-order valence-electron chi connectivity index (χ2n) is 6.27. The maximum Gasteiger partial charge on any atom is 0.224 e. The van der Waals surface area contributed by atoms with Gasteiger partial charge < -0.3 is 16.0 Å². The maximum atomic E-state index is 12.3. The average Bonchev–Trinajstić information content (AvgIpc) is 2.35. The number of amides is 1. The number of nitrogens with zero attached hydrogens (tertiary/aromatic N) is 1. The third-order valence-corrected chi connectivity index (χ3v) is 4.57. The summed E-state index contributed by atoms with van der Waals surface area (Å²) in [6, 6.07) is 0.422. The summed E-state index contributed by atoms with van der Waals surface area (Å²) in [6.07, 6.45) is 5.25. The van der Waals surface area contributed by atoms with Crippen molar-refractivity contribution in [1.29, 1.82) is 0 Å². The number of hydrogen-bond acceptors (Lipinski definition) is 3. The fourth-order valence-electron chi connectivity index (χ4n) is 3.17. The van der Waals surface area contributed by atoms with Crippen molar-refractivity contribution in [1.82, 2.24) is 10.2 Å². The van der Waals surface area contributed by atoms with Crippen LogP contribution in [0.3, 0.4) is 0 Å². The molecule has 4 nitrogen and oxygen atoms in total. The smallest absolute Gasteiger partial charge is 0.224 e. The molecule has 3 N–H and O–H groups in total.